The number of ether oxygens (including phenoxy) is 1. The molecule has 18 heteroatoms. The second kappa shape index (κ2) is 24.5. The molecule has 1 aromatic heterocycles. The minimum absolute atomic E-state index is 0.00161. The van der Waals surface area contributed by atoms with Gasteiger partial charge in [-0.3, -0.25) is 28.5 Å². The SMILES string of the molecule is CC[C@H](C)[C@H](NC(=O)C(CP(=O)(O)C(CC(C)C)NC(=O)[C@H](Cc1ccccc1)NC(=O)[C@H](Cc1ccccc1)NC(=O)OC(C)(C)C)C(C)C)C(=O)N[C@@H](Cc1cnc[nH]1)C(N)=O. The molecular weight excluding hydrogens is 840 g/mol. The average Bonchev–Trinajstić information content (AvgIpc) is 3.73. The first-order valence-corrected chi connectivity index (χ1v) is 23.8. The molecule has 352 valence electrons. The number of H-pyrrole nitrogens is 1. The number of benzene rings is 2. The van der Waals surface area contributed by atoms with Crippen molar-refractivity contribution < 1.29 is 43.0 Å². The number of carbonyl (C=O) groups excluding carboxylic acids is 6. The Balaban J connectivity index is 1.90. The first kappa shape index (κ1) is 52.8. The van der Waals surface area contributed by atoms with Crippen LogP contribution in [-0.4, -0.2) is 92.2 Å². The van der Waals surface area contributed by atoms with Crippen molar-refractivity contribution in [2.75, 3.05) is 6.16 Å². The molecule has 1 heterocycles. The van der Waals surface area contributed by atoms with Crippen molar-refractivity contribution in [3.8, 4) is 0 Å². The number of aromatic amines is 1. The summed E-state index contributed by atoms with van der Waals surface area (Å²) in [5.41, 5.74) is 6.75. The third-order valence-corrected chi connectivity index (χ3v) is 13.0. The first-order valence-electron chi connectivity index (χ1n) is 21.9. The lowest BCUT2D eigenvalue weighted by Crippen LogP contribution is -2.57. The molecule has 3 rings (SSSR count). The molecule has 0 aliphatic rings. The molecule has 0 fully saturated rings. The van der Waals surface area contributed by atoms with Crippen molar-refractivity contribution in [1.29, 1.82) is 0 Å². The van der Waals surface area contributed by atoms with Gasteiger partial charge in [-0.05, 0) is 56.1 Å². The van der Waals surface area contributed by atoms with Crippen LogP contribution in [0.5, 0.6) is 0 Å². The van der Waals surface area contributed by atoms with E-state index in [0.29, 0.717) is 17.7 Å². The van der Waals surface area contributed by atoms with E-state index in [0.717, 1.165) is 5.56 Å². The van der Waals surface area contributed by atoms with Crippen LogP contribution in [0.15, 0.2) is 73.2 Å². The summed E-state index contributed by atoms with van der Waals surface area (Å²) in [7, 11) is -4.45. The van der Waals surface area contributed by atoms with Gasteiger partial charge >= 0.3 is 6.09 Å². The van der Waals surface area contributed by atoms with Crippen LogP contribution in [0.3, 0.4) is 0 Å². The van der Waals surface area contributed by atoms with Gasteiger partial charge in [-0.2, -0.15) is 0 Å². The molecule has 0 radical (unpaired) electrons. The Morgan fingerprint density at radius 1 is 0.750 bits per heavy atom. The van der Waals surface area contributed by atoms with Crippen molar-refractivity contribution in [1.82, 2.24) is 36.6 Å². The molecule has 9 N–H and O–H groups in total. The Bertz CT molecular complexity index is 2030. The lowest BCUT2D eigenvalue weighted by Gasteiger charge is -2.32. The third kappa shape index (κ3) is 17.6. The van der Waals surface area contributed by atoms with E-state index >= 15 is 0 Å². The van der Waals surface area contributed by atoms with Gasteiger partial charge in [-0.25, -0.2) is 9.78 Å². The zero-order chi connectivity index (χ0) is 47.8. The standard InChI is InChI=1S/C46H69N8O9P/c1-10-30(6)39(44(59)50-35(40(47)55)24-33-25-48-27-49-33)54-41(56)34(29(4)5)26-64(61,62)38(21-28(2)3)53-43(58)36(22-31-17-13-11-14-18-31)51-42(57)37(23-32-19-15-12-16-20-32)52-45(60)63-46(7,8)9/h11-20,25,27-30,34-39H,10,21-24,26H2,1-9H3,(H2,47,55)(H,48,49)(H,50,59)(H,51,57)(H,52,60)(H,53,58)(H,54,56)(H,61,62)/t30-,34?,35-,36-,37-,38?,39-/m0/s1. The number of hydrogen-bond acceptors (Lipinski definition) is 9. The molecule has 64 heavy (non-hydrogen) atoms. The lowest BCUT2D eigenvalue weighted by atomic mass is 9.93. The van der Waals surface area contributed by atoms with Crippen molar-refractivity contribution >= 4 is 43.0 Å². The smallest absolute Gasteiger partial charge is 0.408 e. The summed E-state index contributed by atoms with van der Waals surface area (Å²) in [5, 5.41) is 13.6. The highest BCUT2D eigenvalue weighted by Gasteiger charge is 2.41. The van der Waals surface area contributed by atoms with Gasteiger partial charge < -0.3 is 46.9 Å². The molecule has 8 atom stereocenters. The minimum atomic E-state index is -4.45. The lowest BCUT2D eigenvalue weighted by molar-refractivity contribution is -0.134. The van der Waals surface area contributed by atoms with Crippen LogP contribution in [0.1, 0.15) is 92.0 Å². The molecule has 0 saturated heterocycles. The summed E-state index contributed by atoms with van der Waals surface area (Å²) in [5.74, 6) is -7.02. The molecule has 6 amide bonds. The number of nitrogens with one attached hydrogen (secondary N) is 6. The Morgan fingerprint density at radius 2 is 1.28 bits per heavy atom. The van der Waals surface area contributed by atoms with Crippen LogP contribution in [0, 0.1) is 23.7 Å². The van der Waals surface area contributed by atoms with Crippen LogP contribution in [-0.2, 0) is 52.5 Å². The van der Waals surface area contributed by atoms with Gasteiger partial charge in [0.05, 0.1) is 6.33 Å². The monoisotopic (exact) mass is 908 g/mol. The Labute approximate surface area is 377 Å². The Morgan fingerprint density at radius 3 is 1.75 bits per heavy atom. The van der Waals surface area contributed by atoms with Crippen molar-refractivity contribution in [2.45, 2.75) is 130 Å². The summed E-state index contributed by atoms with van der Waals surface area (Å²) < 4.78 is 20.1. The molecule has 3 aromatic rings. The summed E-state index contributed by atoms with van der Waals surface area (Å²) in [6.45, 7) is 15.8. The van der Waals surface area contributed by atoms with Crippen molar-refractivity contribution in [3.63, 3.8) is 0 Å². The van der Waals surface area contributed by atoms with E-state index in [1.54, 1.807) is 96.1 Å². The van der Waals surface area contributed by atoms with E-state index in [1.165, 1.54) is 12.5 Å². The fraction of sp³-hybridized carbons (Fsp3) is 0.543. The third-order valence-electron chi connectivity index (χ3n) is 10.7. The topological polar surface area (TPSA) is 264 Å². The summed E-state index contributed by atoms with van der Waals surface area (Å²) in [4.78, 5) is 100. The number of amides is 6. The maximum atomic E-state index is 14.6. The summed E-state index contributed by atoms with van der Waals surface area (Å²) >= 11 is 0. The number of primary amides is 1. The number of rotatable bonds is 24. The van der Waals surface area contributed by atoms with Crippen LogP contribution in [0.25, 0.3) is 0 Å². The van der Waals surface area contributed by atoms with Crippen molar-refractivity contribution in [2.24, 2.45) is 29.4 Å². The fourth-order valence-corrected chi connectivity index (χ4v) is 9.43. The summed E-state index contributed by atoms with van der Waals surface area (Å²) in [6.07, 6.45) is 2.20. The number of alkyl carbamates (subject to hydrolysis) is 1. The second-order valence-electron chi connectivity index (χ2n) is 18.2. The van der Waals surface area contributed by atoms with Gasteiger partial charge in [0.25, 0.3) is 0 Å². The van der Waals surface area contributed by atoms with E-state index in [1.807, 2.05) is 26.8 Å². The quantitative estimate of drug-likeness (QED) is 0.0590. The van der Waals surface area contributed by atoms with Crippen LogP contribution in [0.4, 0.5) is 4.79 Å². The predicted octanol–water partition coefficient (Wildman–Crippen LogP) is 4.35. The van der Waals surface area contributed by atoms with E-state index in [9.17, 15) is 38.2 Å². The first-order chi connectivity index (χ1) is 30.0. The highest BCUT2D eigenvalue weighted by atomic mass is 31.2. The Kier molecular flexibility index (Phi) is 20.2. The maximum Gasteiger partial charge on any atom is 0.408 e. The molecular formula is C46H69N8O9P. The van der Waals surface area contributed by atoms with Crippen molar-refractivity contribution in [3.05, 3.63) is 90.0 Å². The molecule has 0 spiro atoms. The van der Waals surface area contributed by atoms with Gasteiger partial charge in [-0.1, -0.05) is 109 Å². The fourth-order valence-electron chi connectivity index (χ4n) is 6.94. The van der Waals surface area contributed by atoms with Gasteiger partial charge in [0.15, 0.2) is 0 Å². The number of aromatic nitrogens is 2. The minimum Gasteiger partial charge on any atom is -0.444 e. The average molecular weight is 909 g/mol. The van der Waals surface area contributed by atoms with E-state index < -0.39 is 102 Å². The van der Waals surface area contributed by atoms with Crippen LogP contribution >= 0.6 is 7.37 Å². The molecule has 0 bridgehead atoms. The normalized spacial score (nSPS) is 15.9. The maximum absolute atomic E-state index is 14.6. The largest absolute Gasteiger partial charge is 0.444 e. The molecule has 2 aromatic carbocycles. The van der Waals surface area contributed by atoms with Crippen LogP contribution in [0.2, 0.25) is 0 Å². The highest BCUT2D eigenvalue weighted by Crippen LogP contribution is 2.50. The van der Waals surface area contributed by atoms with E-state index in [4.69, 9.17) is 10.5 Å². The Hall–Kier alpha value is -5.54. The molecule has 17 nitrogen and oxygen atoms in total. The zero-order valence-electron chi connectivity index (χ0n) is 38.6. The van der Waals surface area contributed by atoms with E-state index in [2.05, 4.69) is 36.6 Å². The van der Waals surface area contributed by atoms with Gasteiger partial charge in [0, 0.05) is 43.2 Å². The summed E-state index contributed by atoms with van der Waals surface area (Å²) in [6, 6.07) is 13.3. The number of imidazole rings is 1. The number of nitrogens with zero attached hydrogens (tertiary/aromatic N) is 1. The van der Waals surface area contributed by atoms with Gasteiger partial charge in [0.1, 0.15) is 35.6 Å². The molecule has 0 aliphatic heterocycles. The molecule has 0 aliphatic carbocycles. The van der Waals surface area contributed by atoms with E-state index in [-0.39, 0.29) is 31.6 Å². The number of carbonyl (C=O) groups is 6. The number of hydrogen-bond donors (Lipinski definition) is 8. The van der Waals surface area contributed by atoms with Gasteiger partial charge in [0.2, 0.25) is 36.9 Å². The van der Waals surface area contributed by atoms with Crippen LogP contribution < -0.4 is 32.3 Å². The number of nitrogens with two attached hydrogens (primary N) is 1. The molecule has 3 unspecified atom stereocenters. The molecule has 0 saturated carbocycles. The highest BCUT2D eigenvalue weighted by molar-refractivity contribution is 7.58. The second-order valence-corrected chi connectivity index (χ2v) is 20.7. The van der Waals surface area contributed by atoms with Gasteiger partial charge in [-0.15, -0.1) is 0 Å². The predicted molar refractivity (Wildman–Crippen MR) is 245 cm³/mol. The zero-order valence-corrected chi connectivity index (χ0v) is 39.4.